The Bertz CT molecular complexity index is 758. The zero-order valence-electron chi connectivity index (χ0n) is 15.3. The molecule has 144 valence electrons. The fourth-order valence-corrected chi connectivity index (χ4v) is 4.28. The van der Waals surface area contributed by atoms with Gasteiger partial charge in [-0.15, -0.1) is 0 Å². The third-order valence-electron chi connectivity index (χ3n) is 4.66. The summed E-state index contributed by atoms with van der Waals surface area (Å²) in [5.41, 5.74) is 0.352. The number of nitrogens with one attached hydrogen (secondary N) is 1. The Kier molecular flexibility index (Phi) is 6.41. The molecule has 1 aromatic carbocycles. The Labute approximate surface area is 154 Å². The molecule has 1 saturated heterocycles. The number of hydrogen-bond donors (Lipinski definition) is 2. The molecule has 1 fully saturated rings. The number of carbonyl (C=O) groups is 2. The fourth-order valence-electron chi connectivity index (χ4n) is 3.06. The summed E-state index contributed by atoms with van der Waals surface area (Å²) < 4.78 is 27.0. The summed E-state index contributed by atoms with van der Waals surface area (Å²) in [6.07, 6.45) is 1.19. The molecule has 1 amide bonds. The van der Waals surface area contributed by atoms with Gasteiger partial charge in [0.2, 0.25) is 10.0 Å². The van der Waals surface area contributed by atoms with Crippen LogP contribution in [0, 0.1) is 11.8 Å². The van der Waals surface area contributed by atoms with E-state index in [1.54, 1.807) is 11.8 Å². The second kappa shape index (κ2) is 8.18. The van der Waals surface area contributed by atoms with E-state index in [4.69, 9.17) is 0 Å². The van der Waals surface area contributed by atoms with Gasteiger partial charge in [0.05, 0.1) is 10.8 Å². The number of benzene rings is 1. The van der Waals surface area contributed by atoms with Crippen molar-refractivity contribution in [3.8, 4) is 0 Å². The topological polar surface area (TPSA) is 104 Å². The van der Waals surface area contributed by atoms with Crippen molar-refractivity contribution in [3.05, 3.63) is 29.8 Å². The average Bonchev–Trinajstić information content (AvgIpc) is 2.59. The molecule has 8 heteroatoms. The van der Waals surface area contributed by atoms with Gasteiger partial charge in [-0.05, 0) is 49.9 Å². The second-order valence-electron chi connectivity index (χ2n) is 7.10. The number of amides is 1. The molecule has 1 aliphatic heterocycles. The lowest BCUT2D eigenvalue weighted by atomic mass is 9.90. The van der Waals surface area contributed by atoms with Gasteiger partial charge in [0.1, 0.15) is 0 Å². The summed E-state index contributed by atoms with van der Waals surface area (Å²) in [7, 11) is -3.61. The van der Waals surface area contributed by atoms with Crippen LogP contribution in [0.4, 0.5) is 0 Å². The van der Waals surface area contributed by atoms with E-state index in [9.17, 15) is 23.1 Å². The van der Waals surface area contributed by atoms with E-state index in [1.807, 2.05) is 13.8 Å². The average molecular weight is 382 g/mol. The van der Waals surface area contributed by atoms with Crippen LogP contribution in [0.5, 0.6) is 0 Å². The van der Waals surface area contributed by atoms with Crippen molar-refractivity contribution in [3.63, 3.8) is 0 Å². The highest BCUT2D eigenvalue weighted by Crippen LogP contribution is 2.25. The molecule has 0 radical (unpaired) electrons. The van der Waals surface area contributed by atoms with Crippen LogP contribution in [0.1, 0.15) is 44.0 Å². The number of piperidine rings is 1. The van der Waals surface area contributed by atoms with Gasteiger partial charge in [0.25, 0.3) is 5.91 Å². The lowest BCUT2D eigenvalue weighted by Crippen LogP contribution is -2.49. The minimum atomic E-state index is -3.61. The summed E-state index contributed by atoms with van der Waals surface area (Å²) in [5.74, 6) is -1.56. The number of carboxylic acids is 1. The zero-order chi connectivity index (χ0) is 19.5. The van der Waals surface area contributed by atoms with Gasteiger partial charge < -0.3 is 10.0 Å². The quantitative estimate of drug-likeness (QED) is 0.783. The van der Waals surface area contributed by atoms with Crippen LogP contribution in [-0.2, 0) is 14.8 Å². The minimum Gasteiger partial charge on any atom is -0.481 e. The molecule has 0 spiro atoms. The molecule has 1 heterocycles. The van der Waals surface area contributed by atoms with E-state index >= 15 is 0 Å². The summed E-state index contributed by atoms with van der Waals surface area (Å²) in [6, 6.07) is 5.36. The first-order chi connectivity index (χ1) is 12.1. The van der Waals surface area contributed by atoms with Gasteiger partial charge in [-0.1, -0.05) is 13.8 Å². The van der Waals surface area contributed by atoms with Crippen LogP contribution in [0.25, 0.3) is 0 Å². The van der Waals surface area contributed by atoms with Crippen molar-refractivity contribution in [2.75, 3.05) is 13.1 Å². The molecule has 2 N–H and O–H groups in total. The highest BCUT2D eigenvalue weighted by Gasteiger charge is 2.35. The fraction of sp³-hybridized carbons (Fsp3) is 0.556. The van der Waals surface area contributed by atoms with Crippen LogP contribution in [0.2, 0.25) is 0 Å². The van der Waals surface area contributed by atoms with Crippen molar-refractivity contribution in [2.24, 2.45) is 11.8 Å². The van der Waals surface area contributed by atoms with Crippen molar-refractivity contribution in [1.82, 2.24) is 9.62 Å². The van der Waals surface area contributed by atoms with Crippen LogP contribution in [0.15, 0.2) is 29.2 Å². The number of likely N-dealkylation sites (tertiary alicyclic amines) is 1. The highest BCUT2D eigenvalue weighted by atomic mass is 32.2. The molecule has 2 rings (SSSR count). The minimum absolute atomic E-state index is 0.102. The van der Waals surface area contributed by atoms with Gasteiger partial charge in [0, 0.05) is 24.7 Å². The molecular weight excluding hydrogens is 356 g/mol. The standard InChI is InChI=1S/C18H26N2O5S/c1-12(2)11-19-26(24,25)15-8-6-14(7-9-15)17(21)20-10-4-5-16(13(20)3)18(22)23/h6-9,12-13,16,19H,4-5,10-11H2,1-3H3,(H,22,23)/t13-,16-/m0/s1. The van der Waals surface area contributed by atoms with Gasteiger partial charge >= 0.3 is 5.97 Å². The Hall–Kier alpha value is -1.93. The number of nitrogens with zero attached hydrogens (tertiary/aromatic N) is 1. The van der Waals surface area contributed by atoms with E-state index < -0.39 is 28.0 Å². The number of carbonyl (C=O) groups excluding carboxylic acids is 1. The molecule has 26 heavy (non-hydrogen) atoms. The van der Waals surface area contributed by atoms with Crippen molar-refractivity contribution in [1.29, 1.82) is 0 Å². The molecule has 0 aromatic heterocycles. The van der Waals surface area contributed by atoms with Gasteiger partial charge in [-0.3, -0.25) is 9.59 Å². The highest BCUT2D eigenvalue weighted by molar-refractivity contribution is 7.89. The zero-order valence-corrected chi connectivity index (χ0v) is 16.1. The molecule has 0 unspecified atom stereocenters. The molecular formula is C18H26N2O5S. The summed E-state index contributed by atoms with van der Waals surface area (Å²) in [5, 5.41) is 9.28. The van der Waals surface area contributed by atoms with Crippen molar-refractivity contribution in [2.45, 2.75) is 44.6 Å². The largest absolute Gasteiger partial charge is 0.481 e. The molecule has 7 nitrogen and oxygen atoms in total. The Balaban J connectivity index is 2.15. The lowest BCUT2D eigenvalue weighted by Gasteiger charge is -2.37. The molecule has 2 atom stereocenters. The number of rotatable bonds is 6. The van der Waals surface area contributed by atoms with Crippen LogP contribution < -0.4 is 4.72 Å². The van der Waals surface area contributed by atoms with Gasteiger partial charge in [-0.25, -0.2) is 13.1 Å². The van der Waals surface area contributed by atoms with Gasteiger partial charge in [0.15, 0.2) is 0 Å². The Morgan fingerprint density at radius 3 is 2.42 bits per heavy atom. The SMILES string of the molecule is CC(C)CNS(=O)(=O)c1ccc(C(=O)N2CCC[C@H](C(=O)O)[C@@H]2C)cc1. The van der Waals surface area contributed by atoms with Crippen LogP contribution in [0.3, 0.4) is 0 Å². The smallest absolute Gasteiger partial charge is 0.308 e. The molecule has 0 aliphatic carbocycles. The van der Waals surface area contributed by atoms with E-state index in [0.717, 1.165) is 0 Å². The summed E-state index contributed by atoms with van der Waals surface area (Å²) in [4.78, 5) is 25.7. The monoisotopic (exact) mass is 382 g/mol. The first-order valence-corrected chi connectivity index (χ1v) is 10.3. The molecule has 1 aliphatic rings. The predicted octanol–water partition coefficient (Wildman–Crippen LogP) is 1.95. The summed E-state index contributed by atoms with van der Waals surface area (Å²) in [6.45, 7) is 6.40. The van der Waals surface area contributed by atoms with E-state index in [0.29, 0.717) is 31.5 Å². The Morgan fingerprint density at radius 1 is 1.27 bits per heavy atom. The number of hydrogen-bond acceptors (Lipinski definition) is 4. The number of carboxylic acid groups (broad SMARTS) is 1. The first kappa shape index (κ1) is 20.4. The van der Waals surface area contributed by atoms with Crippen LogP contribution in [-0.4, -0.2) is 49.4 Å². The van der Waals surface area contributed by atoms with E-state index in [2.05, 4.69) is 4.72 Å². The number of aliphatic carboxylic acids is 1. The molecule has 0 saturated carbocycles. The first-order valence-electron chi connectivity index (χ1n) is 8.77. The van der Waals surface area contributed by atoms with E-state index in [-0.39, 0.29) is 16.7 Å². The van der Waals surface area contributed by atoms with Crippen molar-refractivity contribution >= 4 is 21.9 Å². The maximum Gasteiger partial charge on any atom is 0.308 e. The third-order valence-corrected chi connectivity index (χ3v) is 6.10. The van der Waals surface area contributed by atoms with E-state index in [1.165, 1.54) is 24.3 Å². The summed E-state index contributed by atoms with van der Waals surface area (Å²) >= 11 is 0. The molecule has 0 bridgehead atoms. The normalized spacial score (nSPS) is 21.0. The van der Waals surface area contributed by atoms with Crippen LogP contribution >= 0.6 is 0 Å². The lowest BCUT2D eigenvalue weighted by molar-refractivity contribution is -0.144. The maximum absolute atomic E-state index is 12.7. The predicted molar refractivity (Wildman–Crippen MR) is 97.3 cm³/mol. The number of sulfonamides is 1. The van der Waals surface area contributed by atoms with Crippen molar-refractivity contribution < 1.29 is 23.1 Å². The second-order valence-corrected chi connectivity index (χ2v) is 8.86. The molecule has 1 aromatic rings. The maximum atomic E-state index is 12.7. The van der Waals surface area contributed by atoms with Gasteiger partial charge in [-0.2, -0.15) is 0 Å². The third kappa shape index (κ3) is 4.62. The Morgan fingerprint density at radius 2 is 1.88 bits per heavy atom.